The second-order valence-corrected chi connectivity index (χ2v) is 6.75. The predicted octanol–water partition coefficient (Wildman–Crippen LogP) is 3.69. The van der Waals surface area contributed by atoms with Gasteiger partial charge in [-0.05, 0) is 29.7 Å². The Morgan fingerprint density at radius 3 is 1.97 bits per heavy atom. The molecule has 0 saturated carbocycles. The lowest BCUT2D eigenvalue weighted by atomic mass is 10.1. The van der Waals surface area contributed by atoms with Crippen molar-refractivity contribution in [1.82, 2.24) is 15.2 Å². The molecular formula is C23H27IN4O. The molecule has 3 rings (SSSR count). The summed E-state index contributed by atoms with van der Waals surface area (Å²) in [4.78, 5) is 16.1. The average Bonchev–Trinajstić information content (AvgIpc) is 2.72. The second-order valence-electron chi connectivity index (χ2n) is 6.75. The van der Waals surface area contributed by atoms with Gasteiger partial charge in [0.15, 0.2) is 5.96 Å². The molecule has 1 heterocycles. The number of hydrogen-bond donors (Lipinski definition) is 2. The van der Waals surface area contributed by atoms with Crippen molar-refractivity contribution in [2.45, 2.75) is 26.6 Å². The molecule has 5 nitrogen and oxygen atoms in total. The van der Waals surface area contributed by atoms with Gasteiger partial charge in [-0.2, -0.15) is 0 Å². The summed E-state index contributed by atoms with van der Waals surface area (Å²) in [6.45, 7) is 4.07. The maximum Gasteiger partial charge on any atom is 0.250 e. The van der Waals surface area contributed by atoms with E-state index in [2.05, 4.69) is 71.1 Å². The number of aryl methyl sites for hydroxylation is 1. The molecule has 0 unspecified atom stereocenters. The van der Waals surface area contributed by atoms with Gasteiger partial charge in [-0.1, -0.05) is 60.2 Å². The van der Waals surface area contributed by atoms with E-state index < -0.39 is 0 Å². The van der Waals surface area contributed by atoms with Crippen molar-refractivity contribution in [3.05, 3.63) is 106 Å². The van der Waals surface area contributed by atoms with Crippen molar-refractivity contribution >= 4 is 29.9 Å². The maximum atomic E-state index is 11.8. The van der Waals surface area contributed by atoms with E-state index in [9.17, 15) is 4.79 Å². The third-order valence-electron chi connectivity index (χ3n) is 4.54. The first-order valence-corrected chi connectivity index (χ1v) is 9.37. The van der Waals surface area contributed by atoms with Crippen molar-refractivity contribution in [2.75, 3.05) is 7.05 Å². The number of nitrogens with one attached hydrogen (secondary N) is 2. The Bertz CT molecular complexity index is 979. The van der Waals surface area contributed by atoms with Crippen LogP contribution < -0.4 is 16.2 Å². The second kappa shape index (κ2) is 11.4. The lowest BCUT2D eigenvalue weighted by Gasteiger charge is -2.13. The van der Waals surface area contributed by atoms with Gasteiger partial charge in [0.25, 0.3) is 5.56 Å². The van der Waals surface area contributed by atoms with Gasteiger partial charge < -0.3 is 15.2 Å². The van der Waals surface area contributed by atoms with Crippen molar-refractivity contribution in [1.29, 1.82) is 0 Å². The van der Waals surface area contributed by atoms with Gasteiger partial charge in [-0.25, -0.2) is 0 Å². The number of guanidine groups is 1. The monoisotopic (exact) mass is 502 g/mol. The van der Waals surface area contributed by atoms with Crippen LogP contribution in [0.25, 0.3) is 0 Å². The Labute approximate surface area is 188 Å². The zero-order valence-electron chi connectivity index (χ0n) is 16.8. The number of nitrogens with zero attached hydrogens (tertiary/aromatic N) is 2. The van der Waals surface area contributed by atoms with E-state index in [0.717, 1.165) is 23.6 Å². The zero-order chi connectivity index (χ0) is 19.8. The smallest absolute Gasteiger partial charge is 0.250 e. The minimum atomic E-state index is 0. The molecule has 29 heavy (non-hydrogen) atoms. The van der Waals surface area contributed by atoms with Gasteiger partial charge in [-0.3, -0.25) is 9.79 Å². The average molecular weight is 502 g/mol. The summed E-state index contributed by atoms with van der Waals surface area (Å²) in [6, 6.07) is 21.9. The lowest BCUT2D eigenvalue weighted by Crippen LogP contribution is -2.36. The topological polar surface area (TPSA) is 58.4 Å². The molecule has 6 heteroatoms. The Kier molecular flexibility index (Phi) is 8.92. The van der Waals surface area contributed by atoms with Crippen LogP contribution in [-0.4, -0.2) is 17.6 Å². The van der Waals surface area contributed by atoms with Crippen LogP contribution in [0.15, 0.2) is 82.7 Å². The van der Waals surface area contributed by atoms with Crippen LogP contribution in [0.4, 0.5) is 0 Å². The summed E-state index contributed by atoms with van der Waals surface area (Å²) in [5.41, 5.74) is 4.74. The lowest BCUT2D eigenvalue weighted by molar-refractivity contribution is 0.758. The molecule has 3 aromatic rings. The summed E-state index contributed by atoms with van der Waals surface area (Å²) >= 11 is 0. The van der Waals surface area contributed by atoms with Gasteiger partial charge in [0.1, 0.15) is 0 Å². The molecule has 0 fully saturated rings. The molecule has 0 aliphatic rings. The Balaban J connectivity index is 0.00000300. The zero-order valence-corrected chi connectivity index (χ0v) is 19.1. The highest BCUT2D eigenvalue weighted by molar-refractivity contribution is 14.0. The first-order valence-electron chi connectivity index (χ1n) is 9.37. The number of rotatable bonds is 6. The number of hydrogen-bond acceptors (Lipinski definition) is 2. The highest BCUT2D eigenvalue weighted by Gasteiger charge is 2.01. The van der Waals surface area contributed by atoms with Crippen molar-refractivity contribution < 1.29 is 0 Å². The maximum absolute atomic E-state index is 11.8. The van der Waals surface area contributed by atoms with Crippen LogP contribution >= 0.6 is 24.0 Å². The number of pyridine rings is 1. The fourth-order valence-electron chi connectivity index (χ4n) is 2.85. The summed E-state index contributed by atoms with van der Waals surface area (Å²) < 4.78 is 1.70. The molecule has 0 amide bonds. The first-order chi connectivity index (χ1) is 13.6. The highest BCUT2D eigenvalue weighted by Crippen LogP contribution is 2.06. The molecule has 0 aliphatic carbocycles. The molecule has 1 aromatic heterocycles. The third kappa shape index (κ3) is 7.05. The van der Waals surface area contributed by atoms with E-state index >= 15 is 0 Å². The molecule has 0 spiro atoms. The summed E-state index contributed by atoms with van der Waals surface area (Å²) in [7, 11) is 1.77. The molecule has 0 radical (unpaired) electrons. The normalized spacial score (nSPS) is 10.9. The summed E-state index contributed by atoms with van der Waals surface area (Å²) in [6.07, 6.45) is 1.81. The van der Waals surface area contributed by atoms with E-state index in [1.807, 2.05) is 12.3 Å². The molecule has 2 aromatic carbocycles. The molecule has 0 saturated heterocycles. The number of halogens is 1. The van der Waals surface area contributed by atoms with E-state index in [0.29, 0.717) is 13.1 Å². The fourth-order valence-corrected chi connectivity index (χ4v) is 2.85. The highest BCUT2D eigenvalue weighted by atomic mass is 127. The summed E-state index contributed by atoms with van der Waals surface area (Å²) in [5, 5.41) is 6.66. The van der Waals surface area contributed by atoms with Crippen LogP contribution in [0.1, 0.15) is 22.3 Å². The Morgan fingerprint density at radius 1 is 0.862 bits per heavy atom. The minimum absolute atomic E-state index is 0. The molecule has 152 valence electrons. The van der Waals surface area contributed by atoms with Gasteiger partial charge >= 0.3 is 0 Å². The van der Waals surface area contributed by atoms with Crippen LogP contribution in [0.5, 0.6) is 0 Å². The van der Waals surface area contributed by atoms with Gasteiger partial charge in [0, 0.05) is 32.4 Å². The Hall–Kier alpha value is -2.61. The molecule has 0 bridgehead atoms. The largest absolute Gasteiger partial charge is 0.352 e. The Morgan fingerprint density at radius 2 is 1.41 bits per heavy atom. The molecular weight excluding hydrogens is 475 g/mol. The number of aliphatic imine (C=N–C) groups is 1. The van der Waals surface area contributed by atoms with Gasteiger partial charge in [0.2, 0.25) is 0 Å². The number of benzene rings is 2. The van der Waals surface area contributed by atoms with Crippen LogP contribution in [0, 0.1) is 6.92 Å². The minimum Gasteiger partial charge on any atom is -0.352 e. The van der Waals surface area contributed by atoms with E-state index in [1.165, 1.54) is 11.1 Å². The quantitative estimate of drug-likeness (QED) is 0.307. The first kappa shape index (κ1) is 22.7. The van der Waals surface area contributed by atoms with Crippen LogP contribution in [-0.2, 0) is 19.6 Å². The molecule has 0 atom stereocenters. The number of aromatic nitrogens is 1. The molecule has 0 aliphatic heterocycles. The van der Waals surface area contributed by atoms with Gasteiger partial charge in [-0.15, -0.1) is 24.0 Å². The SMILES string of the molecule is CN=C(NCc1ccc(C)cc1)NCc1ccc(Cn2ccccc2=O)cc1.I. The third-order valence-corrected chi connectivity index (χ3v) is 4.54. The van der Waals surface area contributed by atoms with E-state index in [-0.39, 0.29) is 29.5 Å². The van der Waals surface area contributed by atoms with Crippen molar-refractivity contribution in [2.24, 2.45) is 4.99 Å². The standard InChI is InChI=1S/C23H26N4O.HI/c1-18-6-8-19(9-7-18)15-25-23(24-2)26-16-20-10-12-21(13-11-20)17-27-14-4-3-5-22(27)28;/h3-14H,15-17H2,1-2H3,(H2,24,25,26);1H. The van der Waals surface area contributed by atoms with E-state index in [4.69, 9.17) is 0 Å². The van der Waals surface area contributed by atoms with Crippen molar-refractivity contribution in [3.8, 4) is 0 Å². The van der Waals surface area contributed by atoms with Crippen molar-refractivity contribution in [3.63, 3.8) is 0 Å². The predicted molar refractivity (Wildman–Crippen MR) is 130 cm³/mol. The van der Waals surface area contributed by atoms with Crippen LogP contribution in [0.3, 0.4) is 0 Å². The summed E-state index contributed by atoms with van der Waals surface area (Å²) in [5.74, 6) is 0.764. The van der Waals surface area contributed by atoms with Crippen LogP contribution in [0.2, 0.25) is 0 Å². The molecule has 2 N–H and O–H groups in total. The van der Waals surface area contributed by atoms with E-state index in [1.54, 1.807) is 23.7 Å². The fraction of sp³-hybridized carbons (Fsp3) is 0.217. The van der Waals surface area contributed by atoms with Gasteiger partial charge in [0.05, 0.1) is 6.54 Å².